The van der Waals surface area contributed by atoms with Gasteiger partial charge in [-0.1, -0.05) is 12.1 Å². The van der Waals surface area contributed by atoms with Crippen LogP contribution in [0, 0.1) is 6.92 Å². The molecule has 3 rings (SSSR count). The molecule has 0 spiro atoms. The maximum Gasteiger partial charge on any atom is 0.270 e. The number of aromatic nitrogens is 2. The number of hydrogen-bond acceptors (Lipinski definition) is 6. The van der Waals surface area contributed by atoms with Crippen molar-refractivity contribution in [3.05, 3.63) is 41.7 Å². The lowest BCUT2D eigenvalue weighted by molar-refractivity contribution is 0.0914. The summed E-state index contributed by atoms with van der Waals surface area (Å²) < 4.78 is 5.45. The maximum atomic E-state index is 12.5. The minimum Gasteiger partial charge on any atom is -0.378 e. The van der Waals surface area contributed by atoms with Gasteiger partial charge in [-0.3, -0.25) is 4.79 Å². The number of morpholine rings is 1. The van der Waals surface area contributed by atoms with E-state index in [1.165, 1.54) is 0 Å². The Labute approximate surface area is 160 Å². The number of ether oxygens (including phenoxy) is 1. The van der Waals surface area contributed by atoms with Crippen LogP contribution in [0.4, 0.5) is 17.3 Å². The number of carbonyl (C=O) groups is 1. The van der Waals surface area contributed by atoms with Crippen molar-refractivity contribution in [3.8, 4) is 0 Å². The summed E-state index contributed by atoms with van der Waals surface area (Å²) >= 11 is 0. The highest BCUT2D eigenvalue weighted by Crippen LogP contribution is 2.28. The first-order valence-corrected chi connectivity index (χ1v) is 9.19. The molecule has 0 bridgehead atoms. The number of carbonyl (C=O) groups excluding carboxylic acids is 1. The van der Waals surface area contributed by atoms with E-state index in [1.54, 1.807) is 6.07 Å². The lowest BCUT2D eigenvalue weighted by Gasteiger charge is -2.30. The SMILES string of the molecule is Cc1cc(C(=O)NC(C)(C)C)nc(Nc2ccccc2N2CCOCC2)n1. The quantitative estimate of drug-likeness (QED) is 0.863. The zero-order valence-corrected chi connectivity index (χ0v) is 16.4. The van der Waals surface area contributed by atoms with E-state index >= 15 is 0 Å². The number of anilines is 3. The molecule has 0 aliphatic carbocycles. The van der Waals surface area contributed by atoms with E-state index in [-0.39, 0.29) is 11.4 Å². The zero-order chi connectivity index (χ0) is 19.4. The largest absolute Gasteiger partial charge is 0.378 e. The predicted molar refractivity (Wildman–Crippen MR) is 107 cm³/mol. The molecule has 0 radical (unpaired) electrons. The summed E-state index contributed by atoms with van der Waals surface area (Å²) in [5, 5.41) is 6.22. The third kappa shape index (κ3) is 5.17. The van der Waals surface area contributed by atoms with Crippen LogP contribution in [0.1, 0.15) is 37.0 Å². The van der Waals surface area contributed by atoms with Crippen molar-refractivity contribution in [2.75, 3.05) is 36.5 Å². The minimum absolute atomic E-state index is 0.211. The lowest BCUT2D eigenvalue weighted by Crippen LogP contribution is -2.41. The van der Waals surface area contributed by atoms with E-state index in [2.05, 4.69) is 31.6 Å². The Morgan fingerprint density at radius 2 is 1.85 bits per heavy atom. The van der Waals surface area contributed by atoms with E-state index < -0.39 is 0 Å². The lowest BCUT2D eigenvalue weighted by atomic mass is 10.1. The summed E-state index contributed by atoms with van der Waals surface area (Å²) in [5.41, 5.74) is 2.74. The summed E-state index contributed by atoms with van der Waals surface area (Å²) in [5.74, 6) is 0.201. The summed E-state index contributed by atoms with van der Waals surface area (Å²) in [4.78, 5) is 23.6. The highest BCUT2D eigenvalue weighted by atomic mass is 16.5. The molecule has 144 valence electrons. The first-order chi connectivity index (χ1) is 12.8. The van der Waals surface area contributed by atoms with Crippen LogP contribution in [0.3, 0.4) is 0 Å². The number of hydrogen-bond donors (Lipinski definition) is 2. The number of para-hydroxylation sites is 2. The van der Waals surface area contributed by atoms with Crippen LogP contribution in [0.15, 0.2) is 30.3 Å². The molecule has 2 aromatic rings. The van der Waals surface area contributed by atoms with Gasteiger partial charge < -0.3 is 20.3 Å². The Morgan fingerprint density at radius 1 is 1.15 bits per heavy atom. The molecule has 0 atom stereocenters. The van der Waals surface area contributed by atoms with Crippen molar-refractivity contribution in [3.63, 3.8) is 0 Å². The number of amides is 1. The molecule has 1 amide bonds. The first kappa shape index (κ1) is 19.1. The van der Waals surface area contributed by atoms with Crippen LogP contribution < -0.4 is 15.5 Å². The van der Waals surface area contributed by atoms with Gasteiger partial charge in [-0.05, 0) is 45.9 Å². The molecular weight excluding hydrogens is 342 g/mol. The van der Waals surface area contributed by atoms with E-state index in [9.17, 15) is 4.79 Å². The molecule has 0 unspecified atom stereocenters. The van der Waals surface area contributed by atoms with Gasteiger partial charge >= 0.3 is 0 Å². The van der Waals surface area contributed by atoms with Crippen LogP contribution in [-0.2, 0) is 4.74 Å². The molecule has 7 nitrogen and oxygen atoms in total. The van der Waals surface area contributed by atoms with Gasteiger partial charge in [0.05, 0.1) is 24.6 Å². The van der Waals surface area contributed by atoms with Gasteiger partial charge in [0.2, 0.25) is 5.95 Å². The summed E-state index contributed by atoms with van der Waals surface area (Å²) in [6.45, 7) is 10.8. The fourth-order valence-electron chi connectivity index (χ4n) is 2.93. The molecule has 0 saturated carbocycles. The van der Waals surface area contributed by atoms with Crippen LogP contribution in [-0.4, -0.2) is 47.7 Å². The molecule has 1 saturated heterocycles. The Hall–Kier alpha value is -2.67. The van der Waals surface area contributed by atoms with E-state index in [0.29, 0.717) is 24.9 Å². The monoisotopic (exact) mass is 369 g/mol. The molecule has 1 aromatic carbocycles. The van der Waals surface area contributed by atoms with Gasteiger partial charge in [0.25, 0.3) is 5.91 Å². The average Bonchev–Trinajstić information content (AvgIpc) is 2.61. The smallest absolute Gasteiger partial charge is 0.270 e. The second kappa shape index (κ2) is 7.92. The molecule has 1 aliphatic rings. The standard InChI is InChI=1S/C20H27N5O2/c1-14-13-16(18(26)24-20(2,3)4)23-19(21-14)22-15-7-5-6-8-17(15)25-9-11-27-12-10-25/h5-8,13H,9-12H2,1-4H3,(H,24,26)(H,21,22,23). The molecule has 1 fully saturated rings. The normalized spacial score (nSPS) is 14.7. The number of nitrogens with zero attached hydrogens (tertiary/aromatic N) is 3. The van der Waals surface area contributed by atoms with Gasteiger partial charge in [0.1, 0.15) is 5.69 Å². The number of benzene rings is 1. The maximum absolute atomic E-state index is 12.5. The van der Waals surface area contributed by atoms with Crippen molar-refractivity contribution in [2.24, 2.45) is 0 Å². The molecule has 2 heterocycles. The molecule has 1 aliphatic heterocycles. The number of nitrogens with one attached hydrogen (secondary N) is 2. The Kier molecular flexibility index (Phi) is 5.60. The van der Waals surface area contributed by atoms with Crippen molar-refractivity contribution < 1.29 is 9.53 Å². The van der Waals surface area contributed by atoms with Crippen LogP contribution >= 0.6 is 0 Å². The highest BCUT2D eigenvalue weighted by molar-refractivity contribution is 5.93. The third-order valence-electron chi connectivity index (χ3n) is 4.08. The minimum atomic E-state index is -0.327. The Balaban J connectivity index is 1.85. The molecule has 1 aromatic heterocycles. The van der Waals surface area contributed by atoms with Crippen molar-refractivity contribution >= 4 is 23.2 Å². The van der Waals surface area contributed by atoms with Gasteiger partial charge in [0.15, 0.2) is 0 Å². The topological polar surface area (TPSA) is 79.4 Å². The Bertz CT molecular complexity index is 810. The molecule has 7 heteroatoms. The van der Waals surface area contributed by atoms with Gasteiger partial charge in [0, 0.05) is 24.3 Å². The fraction of sp³-hybridized carbons (Fsp3) is 0.450. The fourth-order valence-corrected chi connectivity index (χ4v) is 2.93. The third-order valence-corrected chi connectivity index (χ3v) is 4.08. The number of rotatable bonds is 4. The van der Waals surface area contributed by atoms with Crippen molar-refractivity contribution in [1.29, 1.82) is 0 Å². The van der Waals surface area contributed by atoms with Crippen LogP contribution in [0.25, 0.3) is 0 Å². The number of aryl methyl sites for hydroxylation is 1. The van der Waals surface area contributed by atoms with Crippen LogP contribution in [0.5, 0.6) is 0 Å². The molecule has 27 heavy (non-hydrogen) atoms. The van der Waals surface area contributed by atoms with Gasteiger partial charge in [-0.25, -0.2) is 9.97 Å². The summed E-state index contributed by atoms with van der Waals surface area (Å²) in [7, 11) is 0. The average molecular weight is 369 g/mol. The predicted octanol–water partition coefficient (Wildman–Crippen LogP) is 2.89. The molecule has 2 N–H and O–H groups in total. The first-order valence-electron chi connectivity index (χ1n) is 9.19. The summed E-state index contributed by atoms with van der Waals surface area (Å²) in [6.07, 6.45) is 0. The second-order valence-corrected chi connectivity index (χ2v) is 7.66. The second-order valence-electron chi connectivity index (χ2n) is 7.66. The van der Waals surface area contributed by atoms with E-state index in [1.807, 2.05) is 45.9 Å². The van der Waals surface area contributed by atoms with Gasteiger partial charge in [-0.2, -0.15) is 0 Å². The zero-order valence-electron chi connectivity index (χ0n) is 16.4. The van der Waals surface area contributed by atoms with Crippen molar-refractivity contribution in [1.82, 2.24) is 15.3 Å². The Morgan fingerprint density at radius 3 is 2.56 bits per heavy atom. The van der Waals surface area contributed by atoms with Crippen molar-refractivity contribution in [2.45, 2.75) is 33.2 Å². The summed E-state index contributed by atoms with van der Waals surface area (Å²) in [6, 6.07) is 9.73. The van der Waals surface area contributed by atoms with Gasteiger partial charge in [-0.15, -0.1) is 0 Å². The van der Waals surface area contributed by atoms with Crippen LogP contribution in [0.2, 0.25) is 0 Å². The van der Waals surface area contributed by atoms with E-state index in [0.717, 1.165) is 30.2 Å². The highest BCUT2D eigenvalue weighted by Gasteiger charge is 2.19. The van der Waals surface area contributed by atoms with E-state index in [4.69, 9.17) is 4.74 Å². The molecular formula is C20H27N5O2.